The Balaban J connectivity index is 2.23. The Hall–Kier alpha value is -1.71. The monoisotopic (exact) mass is 222 g/mol. The Morgan fingerprint density at radius 3 is 3.19 bits per heavy atom. The third-order valence-corrected chi connectivity index (χ3v) is 2.41. The van der Waals surface area contributed by atoms with Crippen LogP contribution in [0.15, 0.2) is 18.2 Å². The smallest absolute Gasteiger partial charge is 0.296 e. The topological polar surface area (TPSA) is 44.8 Å². The summed E-state index contributed by atoms with van der Waals surface area (Å²) in [4.78, 5) is 10.2. The van der Waals surface area contributed by atoms with Crippen LogP contribution in [0, 0.1) is 0 Å². The minimum atomic E-state index is -0.636. The van der Waals surface area contributed by atoms with E-state index in [1.165, 1.54) is 0 Å². The van der Waals surface area contributed by atoms with Gasteiger partial charge < -0.3 is 14.2 Å². The molecule has 1 unspecified atom stereocenters. The summed E-state index contributed by atoms with van der Waals surface area (Å²) in [6, 6.07) is 5.79. The summed E-state index contributed by atoms with van der Waals surface area (Å²) in [5.41, 5.74) is 1.08. The number of hydrogen-bond acceptors (Lipinski definition) is 4. The fourth-order valence-electron chi connectivity index (χ4n) is 1.73. The van der Waals surface area contributed by atoms with Crippen molar-refractivity contribution in [1.29, 1.82) is 0 Å². The summed E-state index contributed by atoms with van der Waals surface area (Å²) < 4.78 is 15.8. The van der Waals surface area contributed by atoms with E-state index in [2.05, 4.69) is 6.92 Å². The van der Waals surface area contributed by atoms with Gasteiger partial charge in [0.25, 0.3) is 12.8 Å². The largest absolute Gasteiger partial charge is 0.482 e. The molecule has 0 bridgehead atoms. The summed E-state index contributed by atoms with van der Waals surface area (Å²) in [5.74, 6) is 1.42. The molecule has 0 amide bonds. The van der Waals surface area contributed by atoms with Crippen LogP contribution in [0.5, 0.6) is 11.5 Å². The van der Waals surface area contributed by atoms with Crippen molar-refractivity contribution in [2.45, 2.75) is 26.1 Å². The maximum Gasteiger partial charge on any atom is 0.296 e. The molecule has 0 saturated carbocycles. The number of hydrogen-bond donors (Lipinski definition) is 0. The lowest BCUT2D eigenvalue weighted by Crippen LogP contribution is -2.31. The van der Waals surface area contributed by atoms with Gasteiger partial charge in [0.15, 0.2) is 18.1 Å². The van der Waals surface area contributed by atoms with Gasteiger partial charge in [-0.3, -0.25) is 4.79 Å². The molecule has 0 aromatic heterocycles. The van der Waals surface area contributed by atoms with E-state index in [4.69, 9.17) is 14.2 Å². The van der Waals surface area contributed by atoms with Crippen molar-refractivity contribution < 1.29 is 19.0 Å². The van der Waals surface area contributed by atoms with Gasteiger partial charge in [0.1, 0.15) is 0 Å². The van der Waals surface area contributed by atoms with Crippen LogP contribution >= 0.6 is 0 Å². The zero-order valence-electron chi connectivity index (χ0n) is 9.14. The third kappa shape index (κ3) is 2.10. The Bertz CT molecular complexity index is 375. The van der Waals surface area contributed by atoms with Crippen LogP contribution < -0.4 is 9.47 Å². The normalized spacial score (nSPS) is 17.9. The average molecular weight is 222 g/mol. The molecule has 86 valence electrons. The van der Waals surface area contributed by atoms with Crippen LogP contribution in [0.4, 0.5) is 0 Å². The van der Waals surface area contributed by atoms with Crippen molar-refractivity contribution in [3.63, 3.8) is 0 Å². The quantitative estimate of drug-likeness (QED) is 0.730. The number of carbonyl (C=O) groups excluding carboxylic acids is 1. The van der Waals surface area contributed by atoms with Crippen LogP contribution in [-0.4, -0.2) is 19.4 Å². The molecule has 0 radical (unpaired) electrons. The van der Waals surface area contributed by atoms with Gasteiger partial charge in [-0.2, -0.15) is 0 Å². The predicted molar refractivity (Wildman–Crippen MR) is 57.5 cm³/mol. The minimum Gasteiger partial charge on any atom is -0.482 e. The molecular formula is C12H14O4. The molecule has 16 heavy (non-hydrogen) atoms. The standard InChI is InChI=1S/C12H14O4/c1-2-4-9-5-3-6-10-12(9)16-11(7-14-10)15-8-13/h3,5-6,8,11H,2,4,7H2,1H3. The second-order valence-electron chi connectivity index (χ2n) is 3.59. The molecular weight excluding hydrogens is 208 g/mol. The van der Waals surface area contributed by atoms with E-state index < -0.39 is 6.29 Å². The van der Waals surface area contributed by atoms with Crippen molar-refractivity contribution in [3.8, 4) is 11.5 Å². The number of carbonyl (C=O) groups is 1. The first-order valence-electron chi connectivity index (χ1n) is 5.35. The predicted octanol–water partition coefficient (Wildman–Crippen LogP) is 1.91. The first-order chi connectivity index (χ1) is 7.85. The van der Waals surface area contributed by atoms with Gasteiger partial charge in [-0.05, 0) is 18.1 Å². The maximum atomic E-state index is 10.2. The first-order valence-corrected chi connectivity index (χ1v) is 5.35. The van der Waals surface area contributed by atoms with Gasteiger partial charge in [0, 0.05) is 0 Å². The molecule has 1 aliphatic rings. The molecule has 4 nitrogen and oxygen atoms in total. The fourth-order valence-corrected chi connectivity index (χ4v) is 1.73. The average Bonchev–Trinajstić information content (AvgIpc) is 2.31. The minimum absolute atomic E-state index is 0.237. The molecule has 0 aliphatic carbocycles. The Morgan fingerprint density at radius 2 is 2.44 bits per heavy atom. The van der Waals surface area contributed by atoms with Crippen molar-refractivity contribution in [1.82, 2.24) is 0 Å². The van der Waals surface area contributed by atoms with Crippen LogP contribution in [0.2, 0.25) is 0 Å². The van der Waals surface area contributed by atoms with Gasteiger partial charge in [0.2, 0.25) is 0 Å². The van der Waals surface area contributed by atoms with Crippen molar-refractivity contribution in [2.24, 2.45) is 0 Å². The van der Waals surface area contributed by atoms with E-state index in [1.54, 1.807) is 0 Å². The van der Waals surface area contributed by atoms with Crippen LogP contribution in [0.1, 0.15) is 18.9 Å². The molecule has 0 N–H and O–H groups in total. The molecule has 0 spiro atoms. The lowest BCUT2D eigenvalue weighted by Gasteiger charge is -2.26. The van der Waals surface area contributed by atoms with Crippen molar-refractivity contribution >= 4 is 6.47 Å². The molecule has 1 heterocycles. The summed E-state index contributed by atoms with van der Waals surface area (Å²) in [5, 5.41) is 0. The number of rotatable bonds is 4. The summed E-state index contributed by atoms with van der Waals surface area (Å²) in [6.07, 6.45) is 1.31. The van der Waals surface area contributed by atoms with Crippen molar-refractivity contribution in [3.05, 3.63) is 23.8 Å². The highest BCUT2D eigenvalue weighted by atomic mass is 16.7. The number of para-hydroxylation sites is 1. The molecule has 1 aliphatic heterocycles. The zero-order chi connectivity index (χ0) is 11.4. The van der Waals surface area contributed by atoms with Gasteiger partial charge in [-0.1, -0.05) is 25.5 Å². The van der Waals surface area contributed by atoms with E-state index in [-0.39, 0.29) is 6.61 Å². The van der Waals surface area contributed by atoms with Crippen molar-refractivity contribution in [2.75, 3.05) is 6.61 Å². The van der Waals surface area contributed by atoms with Gasteiger partial charge in [0.05, 0.1) is 0 Å². The Morgan fingerprint density at radius 1 is 1.56 bits per heavy atom. The Kier molecular flexibility index (Phi) is 3.29. The summed E-state index contributed by atoms with van der Waals surface area (Å²) in [7, 11) is 0. The number of benzene rings is 1. The van der Waals surface area contributed by atoms with E-state index in [9.17, 15) is 4.79 Å². The molecule has 2 rings (SSSR count). The van der Waals surface area contributed by atoms with Crippen LogP contribution in [0.25, 0.3) is 0 Å². The number of fused-ring (bicyclic) bond motifs is 1. The van der Waals surface area contributed by atoms with Crippen LogP contribution in [-0.2, 0) is 16.0 Å². The highest BCUT2D eigenvalue weighted by molar-refractivity contribution is 5.48. The molecule has 1 aromatic rings. The number of aryl methyl sites for hydroxylation is 1. The molecule has 1 atom stereocenters. The molecule has 0 saturated heterocycles. The van der Waals surface area contributed by atoms with Gasteiger partial charge >= 0.3 is 0 Å². The highest BCUT2D eigenvalue weighted by Gasteiger charge is 2.23. The first kappa shape index (κ1) is 10.8. The van der Waals surface area contributed by atoms with E-state index in [1.807, 2.05) is 18.2 Å². The second-order valence-corrected chi connectivity index (χ2v) is 3.59. The van der Waals surface area contributed by atoms with E-state index in [0.717, 1.165) is 24.2 Å². The summed E-state index contributed by atoms with van der Waals surface area (Å²) in [6.45, 7) is 2.71. The maximum absolute atomic E-state index is 10.2. The molecule has 0 fully saturated rings. The summed E-state index contributed by atoms with van der Waals surface area (Å²) >= 11 is 0. The fraction of sp³-hybridized carbons (Fsp3) is 0.417. The molecule has 4 heteroatoms. The highest BCUT2D eigenvalue weighted by Crippen LogP contribution is 2.35. The zero-order valence-corrected chi connectivity index (χ0v) is 9.14. The Labute approximate surface area is 94.1 Å². The number of ether oxygens (including phenoxy) is 3. The van der Waals surface area contributed by atoms with Crippen LogP contribution in [0.3, 0.4) is 0 Å². The van der Waals surface area contributed by atoms with E-state index >= 15 is 0 Å². The molecule has 1 aromatic carbocycles. The lowest BCUT2D eigenvalue weighted by molar-refractivity contribution is -0.155. The third-order valence-electron chi connectivity index (χ3n) is 2.41. The van der Waals surface area contributed by atoms with Gasteiger partial charge in [-0.25, -0.2) is 0 Å². The SMILES string of the molecule is CCCc1cccc2c1OC(OC=O)CO2. The van der Waals surface area contributed by atoms with Gasteiger partial charge in [-0.15, -0.1) is 0 Å². The lowest BCUT2D eigenvalue weighted by atomic mass is 10.1. The van der Waals surface area contributed by atoms with E-state index in [0.29, 0.717) is 12.2 Å². The second kappa shape index (κ2) is 4.88.